The lowest BCUT2D eigenvalue weighted by atomic mass is 9.79. The van der Waals surface area contributed by atoms with Crippen molar-refractivity contribution in [2.75, 3.05) is 7.05 Å². The van der Waals surface area contributed by atoms with Gasteiger partial charge in [-0.25, -0.2) is 0 Å². The maximum atomic E-state index is 4.35. The van der Waals surface area contributed by atoms with Gasteiger partial charge in [-0.2, -0.15) is 0 Å². The van der Waals surface area contributed by atoms with Crippen LogP contribution in [0.2, 0.25) is 0 Å². The topological polar surface area (TPSA) is 12.4 Å². The number of rotatable bonds is 3. The first-order chi connectivity index (χ1) is 4.95. The van der Waals surface area contributed by atoms with Crippen molar-refractivity contribution >= 4 is 5.71 Å². The van der Waals surface area contributed by atoms with Crippen LogP contribution in [-0.4, -0.2) is 12.8 Å². The molecule has 0 saturated carbocycles. The van der Waals surface area contributed by atoms with E-state index in [0.29, 0.717) is 5.92 Å². The van der Waals surface area contributed by atoms with E-state index in [1.165, 1.54) is 5.71 Å². The fourth-order valence-corrected chi connectivity index (χ4v) is 1.52. The van der Waals surface area contributed by atoms with Gasteiger partial charge in [0.25, 0.3) is 0 Å². The van der Waals surface area contributed by atoms with Crippen molar-refractivity contribution in [1.29, 1.82) is 0 Å². The standard InChI is InChI=1S/C10H21N/c1-7-10(4,5)9(11-6)8(2)3/h8H,7H2,1-6H3/b11-9-. The van der Waals surface area contributed by atoms with Gasteiger partial charge in [0.15, 0.2) is 0 Å². The highest BCUT2D eigenvalue weighted by atomic mass is 14.7. The second-order valence-electron chi connectivity index (χ2n) is 4.00. The third-order valence-corrected chi connectivity index (χ3v) is 2.37. The quantitative estimate of drug-likeness (QED) is 0.555. The number of hydrogen-bond acceptors (Lipinski definition) is 1. The van der Waals surface area contributed by atoms with E-state index in [4.69, 9.17) is 0 Å². The summed E-state index contributed by atoms with van der Waals surface area (Å²) in [6, 6.07) is 0. The average molecular weight is 155 g/mol. The van der Waals surface area contributed by atoms with Crippen LogP contribution in [-0.2, 0) is 0 Å². The van der Waals surface area contributed by atoms with Gasteiger partial charge in [0.05, 0.1) is 0 Å². The van der Waals surface area contributed by atoms with Crippen molar-refractivity contribution in [2.45, 2.75) is 41.0 Å². The summed E-state index contributed by atoms with van der Waals surface area (Å²) in [6.45, 7) is 11.2. The minimum absolute atomic E-state index is 0.281. The highest BCUT2D eigenvalue weighted by Crippen LogP contribution is 2.25. The van der Waals surface area contributed by atoms with E-state index in [0.717, 1.165) is 6.42 Å². The third kappa shape index (κ3) is 2.64. The average Bonchev–Trinajstić information content (AvgIpc) is 1.88. The van der Waals surface area contributed by atoms with Crippen molar-refractivity contribution in [3.05, 3.63) is 0 Å². The summed E-state index contributed by atoms with van der Waals surface area (Å²) in [5, 5.41) is 0. The van der Waals surface area contributed by atoms with E-state index >= 15 is 0 Å². The Kier molecular flexibility index (Phi) is 3.77. The van der Waals surface area contributed by atoms with Gasteiger partial charge in [0, 0.05) is 18.2 Å². The molecule has 0 unspecified atom stereocenters. The first-order valence-corrected chi connectivity index (χ1v) is 4.42. The summed E-state index contributed by atoms with van der Waals surface area (Å²) in [6.07, 6.45) is 1.16. The van der Waals surface area contributed by atoms with E-state index in [9.17, 15) is 0 Å². The molecule has 0 heterocycles. The second-order valence-corrected chi connectivity index (χ2v) is 4.00. The highest BCUT2D eigenvalue weighted by Gasteiger charge is 2.24. The minimum atomic E-state index is 0.281. The predicted molar refractivity (Wildman–Crippen MR) is 52.3 cm³/mol. The van der Waals surface area contributed by atoms with Crippen molar-refractivity contribution < 1.29 is 0 Å². The fourth-order valence-electron chi connectivity index (χ4n) is 1.52. The molecular weight excluding hydrogens is 134 g/mol. The molecule has 0 spiro atoms. The molecule has 0 amide bonds. The molecule has 66 valence electrons. The molecule has 0 aliphatic rings. The summed E-state index contributed by atoms with van der Waals surface area (Å²) in [5.74, 6) is 0.579. The molecule has 0 fully saturated rings. The van der Waals surface area contributed by atoms with Crippen LogP contribution in [0.15, 0.2) is 4.99 Å². The lowest BCUT2D eigenvalue weighted by Crippen LogP contribution is -2.27. The fraction of sp³-hybridized carbons (Fsp3) is 0.900. The van der Waals surface area contributed by atoms with E-state index in [1.54, 1.807) is 0 Å². The molecular formula is C10H21N. The summed E-state index contributed by atoms with van der Waals surface area (Å²) in [7, 11) is 1.90. The minimum Gasteiger partial charge on any atom is -0.297 e. The number of aliphatic imine (C=N–C) groups is 1. The second kappa shape index (κ2) is 3.89. The molecule has 0 rings (SSSR count). The Morgan fingerprint density at radius 2 is 1.82 bits per heavy atom. The van der Waals surface area contributed by atoms with Crippen molar-refractivity contribution in [1.82, 2.24) is 0 Å². The first kappa shape index (κ1) is 10.7. The molecule has 0 atom stereocenters. The number of nitrogens with zero attached hydrogens (tertiary/aromatic N) is 1. The van der Waals surface area contributed by atoms with Gasteiger partial charge in [-0.3, -0.25) is 4.99 Å². The molecule has 0 aromatic rings. The van der Waals surface area contributed by atoms with Gasteiger partial charge in [-0.15, -0.1) is 0 Å². The molecule has 0 aromatic carbocycles. The first-order valence-electron chi connectivity index (χ1n) is 4.42. The Hall–Kier alpha value is -0.330. The third-order valence-electron chi connectivity index (χ3n) is 2.37. The Morgan fingerprint density at radius 1 is 1.36 bits per heavy atom. The summed E-state index contributed by atoms with van der Waals surface area (Å²) >= 11 is 0. The van der Waals surface area contributed by atoms with Crippen LogP contribution in [0.25, 0.3) is 0 Å². The molecule has 0 saturated heterocycles. The Bertz CT molecular complexity index is 143. The Labute approximate surface area is 70.9 Å². The van der Waals surface area contributed by atoms with Crippen LogP contribution >= 0.6 is 0 Å². The van der Waals surface area contributed by atoms with Crippen LogP contribution in [0.3, 0.4) is 0 Å². The monoisotopic (exact) mass is 155 g/mol. The summed E-state index contributed by atoms with van der Waals surface area (Å²) in [4.78, 5) is 4.35. The van der Waals surface area contributed by atoms with E-state index in [2.05, 4.69) is 39.6 Å². The number of hydrogen-bond donors (Lipinski definition) is 0. The molecule has 1 heteroatoms. The smallest absolute Gasteiger partial charge is 0.0276 e. The predicted octanol–water partition coefficient (Wildman–Crippen LogP) is 3.15. The lowest BCUT2D eigenvalue weighted by molar-refractivity contribution is 0.478. The van der Waals surface area contributed by atoms with Gasteiger partial charge < -0.3 is 0 Å². The summed E-state index contributed by atoms with van der Waals surface area (Å²) in [5.41, 5.74) is 1.61. The van der Waals surface area contributed by atoms with E-state index in [-0.39, 0.29) is 5.41 Å². The van der Waals surface area contributed by atoms with Gasteiger partial charge in [0.1, 0.15) is 0 Å². The molecule has 1 nitrogen and oxygen atoms in total. The van der Waals surface area contributed by atoms with Crippen molar-refractivity contribution in [2.24, 2.45) is 16.3 Å². The van der Waals surface area contributed by atoms with E-state index in [1.807, 2.05) is 7.05 Å². The van der Waals surface area contributed by atoms with Gasteiger partial charge >= 0.3 is 0 Å². The Balaban J connectivity index is 4.52. The molecule has 0 radical (unpaired) electrons. The van der Waals surface area contributed by atoms with E-state index < -0.39 is 0 Å². The zero-order valence-corrected chi connectivity index (χ0v) is 8.73. The highest BCUT2D eigenvalue weighted by molar-refractivity contribution is 5.91. The Morgan fingerprint density at radius 3 is 1.91 bits per heavy atom. The SMILES string of the molecule is CCC(C)(C)/C(=N\C)C(C)C. The summed E-state index contributed by atoms with van der Waals surface area (Å²) < 4.78 is 0. The molecule has 0 bridgehead atoms. The molecule has 0 N–H and O–H groups in total. The zero-order valence-electron chi connectivity index (χ0n) is 8.73. The van der Waals surface area contributed by atoms with Gasteiger partial charge in [-0.1, -0.05) is 34.6 Å². The molecule has 11 heavy (non-hydrogen) atoms. The molecule has 0 aliphatic heterocycles. The molecule has 0 aliphatic carbocycles. The van der Waals surface area contributed by atoms with Gasteiger partial charge in [0.2, 0.25) is 0 Å². The van der Waals surface area contributed by atoms with Gasteiger partial charge in [-0.05, 0) is 12.3 Å². The van der Waals surface area contributed by atoms with Crippen LogP contribution in [0.5, 0.6) is 0 Å². The maximum absolute atomic E-state index is 4.35. The van der Waals surface area contributed by atoms with Crippen LogP contribution in [0.1, 0.15) is 41.0 Å². The van der Waals surface area contributed by atoms with Crippen LogP contribution in [0.4, 0.5) is 0 Å². The van der Waals surface area contributed by atoms with Crippen LogP contribution in [0, 0.1) is 11.3 Å². The van der Waals surface area contributed by atoms with Crippen molar-refractivity contribution in [3.8, 4) is 0 Å². The normalized spacial score (nSPS) is 14.3. The zero-order chi connectivity index (χ0) is 9.07. The largest absolute Gasteiger partial charge is 0.297 e. The maximum Gasteiger partial charge on any atom is 0.0276 e. The van der Waals surface area contributed by atoms with Crippen LogP contribution < -0.4 is 0 Å². The molecule has 0 aromatic heterocycles. The lowest BCUT2D eigenvalue weighted by Gasteiger charge is -2.27. The van der Waals surface area contributed by atoms with Crippen molar-refractivity contribution in [3.63, 3.8) is 0 Å².